The number of nitrogens with zero attached hydrogens (tertiary/aromatic N) is 3. The second-order valence-electron chi connectivity index (χ2n) is 5.40. The molecule has 2 aliphatic heterocycles. The number of nitrogen functional groups attached to an aromatic ring is 1. The molecule has 3 heterocycles. The SMILES string of the molecule is CCc1c(N)cnn1C1CCN(C2COC2)CC1F. The molecule has 19 heavy (non-hydrogen) atoms. The maximum Gasteiger partial charge on any atom is 0.135 e. The van der Waals surface area contributed by atoms with Gasteiger partial charge in [0.1, 0.15) is 6.17 Å². The summed E-state index contributed by atoms with van der Waals surface area (Å²) >= 11 is 0. The number of ether oxygens (including phenoxy) is 1. The molecule has 2 aliphatic rings. The summed E-state index contributed by atoms with van der Waals surface area (Å²) in [5.41, 5.74) is 7.50. The van der Waals surface area contributed by atoms with Gasteiger partial charge in [-0.25, -0.2) is 4.39 Å². The quantitative estimate of drug-likeness (QED) is 0.889. The minimum Gasteiger partial charge on any atom is -0.396 e. The van der Waals surface area contributed by atoms with Crippen molar-refractivity contribution in [3.8, 4) is 0 Å². The minimum atomic E-state index is -0.890. The normalized spacial score (nSPS) is 29.4. The van der Waals surface area contributed by atoms with Gasteiger partial charge in [0.25, 0.3) is 0 Å². The summed E-state index contributed by atoms with van der Waals surface area (Å²) < 4.78 is 21.4. The first-order valence-electron chi connectivity index (χ1n) is 6.98. The van der Waals surface area contributed by atoms with E-state index in [1.807, 2.05) is 6.92 Å². The molecule has 2 N–H and O–H groups in total. The van der Waals surface area contributed by atoms with Gasteiger partial charge in [0.15, 0.2) is 0 Å². The second kappa shape index (κ2) is 5.09. The summed E-state index contributed by atoms with van der Waals surface area (Å²) in [6, 6.07) is 0.233. The van der Waals surface area contributed by atoms with E-state index >= 15 is 0 Å². The van der Waals surface area contributed by atoms with E-state index in [0.717, 1.165) is 38.3 Å². The summed E-state index contributed by atoms with van der Waals surface area (Å²) in [6.45, 7) is 4.89. The number of piperidine rings is 1. The summed E-state index contributed by atoms with van der Waals surface area (Å²) in [7, 11) is 0. The first-order valence-corrected chi connectivity index (χ1v) is 6.98. The van der Waals surface area contributed by atoms with E-state index < -0.39 is 6.17 Å². The van der Waals surface area contributed by atoms with E-state index in [-0.39, 0.29) is 6.04 Å². The highest BCUT2D eigenvalue weighted by atomic mass is 19.1. The lowest BCUT2D eigenvalue weighted by atomic mass is 10.0. The Balaban J connectivity index is 1.72. The predicted octanol–water partition coefficient (Wildman–Crippen LogP) is 1.01. The number of nitrogens with two attached hydrogens (primary N) is 1. The molecular weight excluding hydrogens is 247 g/mol. The van der Waals surface area contributed by atoms with Gasteiger partial charge in [0.05, 0.1) is 42.9 Å². The van der Waals surface area contributed by atoms with Gasteiger partial charge in [0.2, 0.25) is 0 Å². The highest BCUT2D eigenvalue weighted by Crippen LogP contribution is 2.30. The lowest BCUT2D eigenvalue weighted by molar-refractivity contribution is -0.0848. The number of alkyl halides is 1. The van der Waals surface area contributed by atoms with Crippen molar-refractivity contribution in [2.45, 2.75) is 38.0 Å². The van der Waals surface area contributed by atoms with Gasteiger partial charge in [-0.1, -0.05) is 6.92 Å². The third-order valence-corrected chi connectivity index (χ3v) is 4.26. The highest BCUT2D eigenvalue weighted by Gasteiger charge is 2.37. The average molecular weight is 268 g/mol. The van der Waals surface area contributed by atoms with E-state index in [2.05, 4.69) is 10.00 Å². The Kier molecular flexibility index (Phi) is 3.45. The first-order chi connectivity index (χ1) is 9.20. The fourth-order valence-electron chi connectivity index (χ4n) is 3.01. The van der Waals surface area contributed by atoms with Gasteiger partial charge in [-0.05, 0) is 12.8 Å². The molecule has 5 nitrogen and oxygen atoms in total. The number of hydrogen-bond donors (Lipinski definition) is 1. The maximum absolute atomic E-state index is 14.4. The molecule has 0 aromatic carbocycles. The van der Waals surface area contributed by atoms with Gasteiger partial charge in [0, 0.05) is 13.1 Å². The van der Waals surface area contributed by atoms with Crippen LogP contribution in [0.5, 0.6) is 0 Å². The molecular formula is C13H21FN4O. The molecule has 2 unspecified atom stereocenters. The van der Waals surface area contributed by atoms with Crippen LogP contribution in [0.4, 0.5) is 10.1 Å². The molecule has 106 valence electrons. The van der Waals surface area contributed by atoms with E-state index in [4.69, 9.17) is 10.5 Å². The van der Waals surface area contributed by atoms with Crippen molar-refractivity contribution >= 4 is 5.69 Å². The number of hydrogen-bond acceptors (Lipinski definition) is 4. The van der Waals surface area contributed by atoms with Gasteiger partial charge >= 0.3 is 0 Å². The van der Waals surface area contributed by atoms with Crippen molar-refractivity contribution in [3.05, 3.63) is 11.9 Å². The van der Waals surface area contributed by atoms with Gasteiger partial charge < -0.3 is 10.5 Å². The third-order valence-electron chi connectivity index (χ3n) is 4.26. The zero-order valence-corrected chi connectivity index (χ0v) is 11.3. The van der Waals surface area contributed by atoms with Crippen LogP contribution in [0.25, 0.3) is 0 Å². The van der Waals surface area contributed by atoms with Crippen LogP contribution in [-0.4, -0.2) is 53.2 Å². The number of likely N-dealkylation sites (tertiary alicyclic amines) is 1. The van der Waals surface area contributed by atoms with Crippen molar-refractivity contribution in [3.63, 3.8) is 0 Å². The van der Waals surface area contributed by atoms with Crippen molar-refractivity contribution in [1.29, 1.82) is 0 Å². The second-order valence-corrected chi connectivity index (χ2v) is 5.40. The summed E-state index contributed by atoms with van der Waals surface area (Å²) in [5.74, 6) is 0. The molecule has 2 atom stereocenters. The smallest absolute Gasteiger partial charge is 0.135 e. The zero-order chi connectivity index (χ0) is 13.4. The van der Waals surface area contributed by atoms with Gasteiger partial charge in [-0.15, -0.1) is 0 Å². The predicted molar refractivity (Wildman–Crippen MR) is 70.7 cm³/mol. The monoisotopic (exact) mass is 268 g/mol. The molecule has 0 radical (unpaired) electrons. The van der Waals surface area contributed by atoms with Crippen LogP contribution in [0.3, 0.4) is 0 Å². The van der Waals surface area contributed by atoms with Crippen molar-refractivity contribution in [1.82, 2.24) is 14.7 Å². The number of rotatable bonds is 3. The number of aromatic nitrogens is 2. The van der Waals surface area contributed by atoms with E-state index in [1.54, 1.807) is 10.9 Å². The molecule has 1 aromatic rings. The average Bonchev–Trinajstić information content (AvgIpc) is 2.68. The Labute approximate surface area is 112 Å². The number of anilines is 1. The summed E-state index contributed by atoms with van der Waals surface area (Å²) in [6.07, 6.45) is 2.32. The Morgan fingerprint density at radius 3 is 2.89 bits per heavy atom. The fourth-order valence-corrected chi connectivity index (χ4v) is 3.01. The third kappa shape index (κ3) is 2.23. The molecule has 1 aromatic heterocycles. The maximum atomic E-state index is 14.4. The van der Waals surface area contributed by atoms with E-state index in [1.165, 1.54) is 0 Å². The van der Waals surface area contributed by atoms with Gasteiger partial charge in [-0.2, -0.15) is 5.10 Å². The molecule has 0 bridgehead atoms. The standard InChI is InChI=1S/C13H21FN4O/c1-2-12-11(15)5-16-18(12)13-3-4-17(6-10(13)14)9-7-19-8-9/h5,9-10,13H,2-4,6-8,15H2,1H3. The van der Waals surface area contributed by atoms with Gasteiger partial charge in [-0.3, -0.25) is 9.58 Å². The van der Waals surface area contributed by atoms with Crippen LogP contribution in [0.1, 0.15) is 25.1 Å². The molecule has 0 spiro atoms. The molecule has 2 saturated heterocycles. The van der Waals surface area contributed by atoms with E-state index in [0.29, 0.717) is 18.3 Å². The Morgan fingerprint density at radius 1 is 1.53 bits per heavy atom. The highest BCUT2D eigenvalue weighted by molar-refractivity contribution is 5.41. The summed E-state index contributed by atoms with van der Waals surface area (Å²) in [5, 5.41) is 4.27. The molecule has 3 rings (SSSR count). The van der Waals surface area contributed by atoms with Crippen molar-refractivity contribution in [2.24, 2.45) is 0 Å². The molecule has 0 amide bonds. The molecule has 0 aliphatic carbocycles. The van der Waals surface area contributed by atoms with Crippen LogP contribution in [0.2, 0.25) is 0 Å². The topological polar surface area (TPSA) is 56.3 Å². The van der Waals surface area contributed by atoms with E-state index in [9.17, 15) is 4.39 Å². The van der Waals surface area contributed by atoms with Crippen molar-refractivity contribution < 1.29 is 9.13 Å². The van der Waals surface area contributed by atoms with Crippen LogP contribution in [-0.2, 0) is 11.2 Å². The first kappa shape index (κ1) is 12.9. The lowest BCUT2D eigenvalue weighted by Crippen LogP contribution is -2.55. The fraction of sp³-hybridized carbons (Fsp3) is 0.769. The lowest BCUT2D eigenvalue weighted by Gasteiger charge is -2.42. The Morgan fingerprint density at radius 2 is 2.32 bits per heavy atom. The zero-order valence-electron chi connectivity index (χ0n) is 11.3. The minimum absolute atomic E-state index is 0.176. The Hall–Kier alpha value is -1.14. The van der Waals surface area contributed by atoms with Crippen LogP contribution < -0.4 is 5.73 Å². The van der Waals surface area contributed by atoms with Crippen LogP contribution in [0.15, 0.2) is 6.20 Å². The van der Waals surface area contributed by atoms with Crippen LogP contribution in [0, 0.1) is 0 Å². The van der Waals surface area contributed by atoms with Crippen LogP contribution >= 0.6 is 0 Å². The van der Waals surface area contributed by atoms with Crippen molar-refractivity contribution in [2.75, 3.05) is 32.0 Å². The Bertz CT molecular complexity index is 446. The molecule has 6 heteroatoms. The molecule has 0 saturated carbocycles. The number of halogens is 1. The largest absolute Gasteiger partial charge is 0.396 e. The summed E-state index contributed by atoms with van der Waals surface area (Å²) in [4.78, 5) is 2.20. The molecule has 2 fully saturated rings.